The molecule has 3 rings (SSSR count). The molecule has 122 valence electrons. The van der Waals surface area contributed by atoms with Crippen molar-refractivity contribution >= 4 is 44.5 Å². The molecule has 0 radical (unpaired) electrons. The van der Waals surface area contributed by atoms with Crippen molar-refractivity contribution in [2.75, 3.05) is 30.9 Å². The zero-order valence-corrected chi connectivity index (χ0v) is 13.7. The number of ether oxygens (including phenoxy) is 1. The molecular weight excluding hydrogens is 342 g/mol. The van der Waals surface area contributed by atoms with Crippen LogP contribution in [0.1, 0.15) is 10.4 Å². The largest absolute Gasteiger partial charge is 0.452 e. The monoisotopic (exact) mass is 355 g/mol. The van der Waals surface area contributed by atoms with E-state index < -0.39 is 21.9 Å². The Labute approximate surface area is 136 Å². The summed E-state index contributed by atoms with van der Waals surface area (Å²) < 4.78 is 31.8. The van der Waals surface area contributed by atoms with E-state index in [4.69, 9.17) is 4.74 Å². The Morgan fingerprint density at radius 2 is 2.22 bits per heavy atom. The van der Waals surface area contributed by atoms with Crippen LogP contribution < -0.4 is 10.2 Å². The lowest BCUT2D eigenvalue weighted by Gasteiger charge is -2.22. The Morgan fingerprint density at radius 1 is 1.43 bits per heavy atom. The quantitative estimate of drug-likeness (QED) is 0.772. The number of likely N-dealkylation sites (N-methyl/N-ethyl adjacent to an activating group) is 1. The van der Waals surface area contributed by atoms with Gasteiger partial charge in [-0.1, -0.05) is 0 Å². The average Bonchev–Trinajstić information content (AvgIpc) is 2.86. The van der Waals surface area contributed by atoms with Gasteiger partial charge in [0.2, 0.25) is 0 Å². The van der Waals surface area contributed by atoms with E-state index in [1.807, 2.05) is 0 Å². The first-order chi connectivity index (χ1) is 10.9. The number of esters is 1. The third-order valence-electron chi connectivity index (χ3n) is 3.32. The third-order valence-corrected chi connectivity index (χ3v) is 5.63. The van der Waals surface area contributed by atoms with Crippen LogP contribution in [0.15, 0.2) is 27.5 Å². The molecule has 23 heavy (non-hydrogen) atoms. The van der Waals surface area contributed by atoms with Gasteiger partial charge in [-0.25, -0.2) is 13.2 Å². The highest BCUT2D eigenvalue weighted by Crippen LogP contribution is 2.42. The predicted octanol–water partition coefficient (Wildman–Crippen LogP) is 0.201. The van der Waals surface area contributed by atoms with Crippen LogP contribution in [-0.4, -0.2) is 51.4 Å². The zero-order valence-electron chi connectivity index (χ0n) is 12.1. The Morgan fingerprint density at radius 3 is 2.96 bits per heavy atom. The molecule has 2 aliphatic heterocycles. The van der Waals surface area contributed by atoms with Crippen LogP contribution in [0.5, 0.6) is 0 Å². The Kier molecular flexibility index (Phi) is 4.02. The number of amides is 1. The van der Waals surface area contributed by atoms with Gasteiger partial charge >= 0.3 is 5.97 Å². The number of thioether (sulfide) groups is 1. The van der Waals surface area contributed by atoms with Crippen molar-refractivity contribution < 1.29 is 22.7 Å². The van der Waals surface area contributed by atoms with Gasteiger partial charge in [-0.15, -0.1) is 4.40 Å². The van der Waals surface area contributed by atoms with E-state index in [2.05, 4.69) is 9.71 Å². The summed E-state index contributed by atoms with van der Waals surface area (Å²) in [5, 5.41) is 2.75. The Hall–Kier alpha value is -2.07. The number of benzene rings is 1. The number of sulfonamides is 1. The smallest absolute Gasteiger partial charge is 0.338 e. The third kappa shape index (κ3) is 3.17. The summed E-state index contributed by atoms with van der Waals surface area (Å²) in [7, 11) is -1.96. The average molecular weight is 355 g/mol. The number of nitrogens with zero attached hydrogens (tertiary/aromatic N) is 2. The van der Waals surface area contributed by atoms with E-state index in [1.165, 1.54) is 18.8 Å². The maximum atomic E-state index is 11.9. The van der Waals surface area contributed by atoms with E-state index >= 15 is 0 Å². The van der Waals surface area contributed by atoms with Crippen LogP contribution in [0.4, 0.5) is 5.69 Å². The summed E-state index contributed by atoms with van der Waals surface area (Å²) in [5.74, 6) is -1.05. The molecule has 1 aromatic carbocycles. The first-order valence-corrected chi connectivity index (χ1v) is 9.12. The molecule has 0 saturated heterocycles. The fourth-order valence-corrected chi connectivity index (χ4v) is 4.44. The summed E-state index contributed by atoms with van der Waals surface area (Å²) in [6, 6.07) is 4.91. The molecule has 8 nitrogen and oxygen atoms in total. The van der Waals surface area contributed by atoms with Gasteiger partial charge in [-0.2, -0.15) is 0 Å². The molecule has 0 aliphatic carbocycles. The van der Waals surface area contributed by atoms with E-state index in [0.717, 1.165) is 10.6 Å². The molecule has 0 aromatic heterocycles. The summed E-state index contributed by atoms with van der Waals surface area (Å²) in [6.07, 6.45) is 0. The lowest BCUT2D eigenvalue weighted by atomic mass is 10.2. The second-order valence-corrected chi connectivity index (χ2v) is 7.61. The number of carbonyl (C=O) groups is 2. The van der Waals surface area contributed by atoms with Gasteiger partial charge in [0.05, 0.1) is 17.0 Å². The number of carbonyl (C=O) groups excluding carboxylic acids is 2. The second-order valence-electron chi connectivity index (χ2n) is 4.85. The number of hydrogen-bond donors (Lipinski definition) is 1. The number of anilines is 1. The fraction of sp³-hybridized carbons (Fsp3) is 0.308. The van der Waals surface area contributed by atoms with E-state index in [1.54, 1.807) is 23.1 Å². The summed E-state index contributed by atoms with van der Waals surface area (Å²) in [4.78, 5) is 25.6. The molecule has 2 heterocycles. The van der Waals surface area contributed by atoms with Crippen molar-refractivity contribution in [3.8, 4) is 0 Å². The molecule has 10 heteroatoms. The Balaban J connectivity index is 1.81. The van der Waals surface area contributed by atoms with Crippen molar-refractivity contribution in [2.45, 2.75) is 4.90 Å². The fourth-order valence-electron chi connectivity index (χ4n) is 2.14. The summed E-state index contributed by atoms with van der Waals surface area (Å²) in [6.45, 7) is -0.0156. The first kappa shape index (κ1) is 15.8. The zero-order chi connectivity index (χ0) is 16.6. The molecule has 0 bridgehead atoms. The topological polar surface area (TPSA) is 105 Å². The molecule has 1 amide bonds. The van der Waals surface area contributed by atoms with E-state index in [-0.39, 0.29) is 12.4 Å². The number of hydrogen-bond acceptors (Lipinski definition) is 7. The second kappa shape index (κ2) is 5.85. The maximum absolute atomic E-state index is 11.9. The van der Waals surface area contributed by atoms with Crippen LogP contribution in [0.2, 0.25) is 0 Å². The molecular formula is C13H13N3O5S2. The maximum Gasteiger partial charge on any atom is 0.338 e. The SMILES string of the molecule is CNC(=O)COC(=O)c1ccc2c(c1)SC1=NS(=O)(=O)CCN12. The van der Waals surface area contributed by atoms with Gasteiger partial charge in [-0.05, 0) is 30.0 Å². The van der Waals surface area contributed by atoms with Gasteiger partial charge in [0.15, 0.2) is 11.8 Å². The molecule has 0 fully saturated rings. The van der Waals surface area contributed by atoms with Crippen LogP contribution in [-0.2, 0) is 19.6 Å². The number of rotatable bonds is 3. The molecule has 0 atom stereocenters. The van der Waals surface area contributed by atoms with Crippen LogP contribution in [0.3, 0.4) is 0 Å². The molecule has 0 unspecified atom stereocenters. The summed E-state index contributed by atoms with van der Waals surface area (Å²) >= 11 is 1.19. The van der Waals surface area contributed by atoms with Crippen molar-refractivity contribution in [1.82, 2.24) is 5.32 Å². The van der Waals surface area contributed by atoms with Gasteiger partial charge in [0.1, 0.15) is 0 Å². The number of amidine groups is 1. The normalized spacial score (nSPS) is 17.8. The predicted molar refractivity (Wildman–Crippen MR) is 85.2 cm³/mol. The van der Waals surface area contributed by atoms with Gasteiger partial charge < -0.3 is 15.0 Å². The van der Waals surface area contributed by atoms with Crippen LogP contribution in [0.25, 0.3) is 0 Å². The molecule has 1 aromatic rings. The molecule has 0 saturated carbocycles. The van der Waals surface area contributed by atoms with Gasteiger partial charge in [0, 0.05) is 18.5 Å². The highest BCUT2D eigenvalue weighted by atomic mass is 32.2. The molecule has 0 spiro atoms. The first-order valence-electron chi connectivity index (χ1n) is 6.69. The van der Waals surface area contributed by atoms with E-state index in [0.29, 0.717) is 17.3 Å². The van der Waals surface area contributed by atoms with Crippen molar-refractivity contribution in [2.24, 2.45) is 4.40 Å². The van der Waals surface area contributed by atoms with Crippen LogP contribution in [0, 0.1) is 0 Å². The van der Waals surface area contributed by atoms with Gasteiger partial charge in [0.25, 0.3) is 15.9 Å². The lowest BCUT2D eigenvalue weighted by Crippen LogP contribution is -2.35. The van der Waals surface area contributed by atoms with Crippen LogP contribution >= 0.6 is 11.8 Å². The minimum absolute atomic E-state index is 0.0353. The minimum atomic E-state index is -3.41. The van der Waals surface area contributed by atoms with Gasteiger partial charge in [-0.3, -0.25) is 4.79 Å². The minimum Gasteiger partial charge on any atom is -0.452 e. The van der Waals surface area contributed by atoms with Crippen molar-refractivity contribution in [3.05, 3.63) is 23.8 Å². The number of fused-ring (bicyclic) bond motifs is 3. The summed E-state index contributed by atoms with van der Waals surface area (Å²) in [5.41, 5.74) is 1.11. The van der Waals surface area contributed by atoms with Crippen molar-refractivity contribution in [1.29, 1.82) is 0 Å². The lowest BCUT2D eigenvalue weighted by molar-refractivity contribution is -0.123. The standard InChI is InChI=1S/C13H13N3O5S2/c1-14-11(17)7-21-12(18)8-2-3-9-10(6-8)22-13-15-23(19,20)5-4-16(9)13/h2-3,6H,4-5,7H2,1H3,(H,14,17). The number of nitrogens with one attached hydrogen (secondary N) is 1. The highest BCUT2D eigenvalue weighted by molar-refractivity contribution is 8.15. The van der Waals surface area contributed by atoms with E-state index in [9.17, 15) is 18.0 Å². The van der Waals surface area contributed by atoms with Crippen molar-refractivity contribution in [3.63, 3.8) is 0 Å². The molecule has 1 N–H and O–H groups in total. The molecule has 2 aliphatic rings. The highest BCUT2D eigenvalue weighted by Gasteiger charge is 2.33. The Bertz CT molecular complexity index is 819.